The molecule has 234 valence electrons. The van der Waals surface area contributed by atoms with Gasteiger partial charge in [-0.05, 0) is 79.2 Å². The Morgan fingerprint density at radius 2 is 1.44 bits per heavy atom. The highest BCUT2D eigenvalue weighted by Gasteiger charge is 2.38. The molecule has 1 aromatic heterocycles. The largest absolute Gasteiger partial charge is 0.490 e. The smallest absolute Gasteiger partial charge is 0.475 e. The van der Waals surface area contributed by atoms with E-state index in [1.165, 1.54) is 38.9 Å². The minimum Gasteiger partial charge on any atom is -0.475 e. The van der Waals surface area contributed by atoms with E-state index in [4.69, 9.17) is 33.1 Å². The summed E-state index contributed by atoms with van der Waals surface area (Å²) < 4.78 is 34.3. The topological polar surface area (TPSA) is 45.5 Å². The van der Waals surface area contributed by atoms with E-state index >= 15 is 0 Å². The van der Waals surface area contributed by atoms with Gasteiger partial charge in [0.15, 0.2) is 0 Å². The summed E-state index contributed by atoms with van der Waals surface area (Å²) >= 11 is 13.1. The summed E-state index contributed by atoms with van der Waals surface area (Å²) in [7, 11) is 0. The zero-order valence-corrected chi connectivity index (χ0v) is 26.2. The Morgan fingerprint density at radius 1 is 0.844 bits per heavy atom. The molecule has 1 aliphatic rings. The lowest BCUT2D eigenvalue weighted by Gasteiger charge is -2.33. The van der Waals surface area contributed by atoms with Gasteiger partial charge in [0, 0.05) is 34.0 Å². The fourth-order valence-electron chi connectivity index (χ4n) is 6.12. The van der Waals surface area contributed by atoms with Crippen LogP contribution in [0.3, 0.4) is 0 Å². The van der Waals surface area contributed by atoms with Crippen molar-refractivity contribution in [3.05, 3.63) is 129 Å². The molecule has 2 heterocycles. The monoisotopic (exact) mass is 652 g/mol. The average Bonchev–Trinajstić information content (AvgIpc) is 3.31. The molecule has 0 bridgehead atoms. The van der Waals surface area contributed by atoms with Gasteiger partial charge in [-0.1, -0.05) is 108 Å². The van der Waals surface area contributed by atoms with Crippen LogP contribution in [0.25, 0.3) is 22.2 Å². The quantitative estimate of drug-likeness (QED) is 0.199. The minimum atomic E-state index is -5.08. The van der Waals surface area contributed by atoms with Crippen LogP contribution < -0.4 is 0 Å². The number of aliphatic carboxylic acids is 1. The molecule has 0 amide bonds. The van der Waals surface area contributed by atoms with Gasteiger partial charge < -0.3 is 9.67 Å². The number of para-hydroxylation sites is 1. The lowest BCUT2D eigenvalue weighted by molar-refractivity contribution is -0.192. The Balaban J connectivity index is 0.000000515. The predicted octanol–water partition coefficient (Wildman–Crippen LogP) is 9.98. The van der Waals surface area contributed by atoms with Crippen LogP contribution >= 0.6 is 23.2 Å². The number of piperidine rings is 1. The molecule has 0 unspecified atom stereocenters. The van der Waals surface area contributed by atoms with E-state index in [0.29, 0.717) is 5.92 Å². The van der Waals surface area contributed by atoms with E-state index in [0.717, 1.165) is 54.6 Å². The van der Waals surface area contributed by atoms with Crippen LogP contribution in [0.4, 0.5) is 13.2 Å². The summed E-state index contributed by atoms with van der Waals surface area (Å²) in [6.07, 6.45) is -2.96. The van der Waals surface area contributed by atoms with Gasteiger partial charge >= 0.3 is 12.1 Å². The normalized spacial score (nSPS) is 14.3. The molecule has 5 aromatic rings. The Morgan fingerprint density at radius 3 is 2.07 bits per heavy atom. The molecule has 1 fully saturated rings. The maximum absolute atomic E-state index is 10.6. The summed E-state index contributed by atoms with van der Waals surface area (Å²) in [4.78, 5) is 11.5. The molecule has 9 heteroatoms. The van der Waals surface area contributed by atoms with Gasteiger partial charge in [-0.25, -0.2) is 4.79 Å². The summed E-state index contributed by atoms with van der Waals surface area (Å²) in [5.74, 6) is -2.35. The van der Waals surface area contributed by atoms with Crippen molar-refractivity contribution in [2.45, 2.75) is 44.9 Å². The first kappa shape index (κ1) is 32.6. The van der Waals surface area contributed by atoms with Crippen molar-refractivity contribution < 1.29 is 23.1 Å². The van der Waals surface area contributed by atoms with Crippen molar-refractivity contribution in [3.8, 4) is 11.3 Å². The Kier molecular flexibility index (Phi) is 10.2. The van der Waals surface area contributed by atoms with Crippen LogP contribution in [0.1, 0.15) is 41.0 Å². The number of benzene rings is 4. The second-order valence-corrected chi connectivity index (χ2v) is 12.1. The second-order valence-electron chi connectivity index (χ2n) is 11.3. The number of hydrogen-bond donors (Lipinski definition) is 1. The van der Waals surface area contributed by atoms with Crippen LogP contribution in [-0.2, 0) is 17.9 Å². The number of carbonyl (C=O) groups is 1. The molecule has 0 spiro atoms. The molecule has 45 heavy (non-hydrogen) atoms. The first-order chi connectivity index (χ1) is 21.5. The first-order valence-corrected chi connectivity index (χ1v) is 15.5. The van der Waals surface area contributed by atoms with Gasteiger partial charge in [0.25, 0.3) is 0 Å². The minimum absolute atomic E-state index is 0.406. The molecule has 0 aliphatic carbocycles. The average molecular weight is 654 g/mol. The van der Waals surface area contributed by atoms with Gasteiger partial charge in [-0.3, -0.25) is 4.90 Å². The Hall–Kier alpha value is -3.78. The molecule has 4 nitrogen and oxygen atoms in total. The second kappa shape index (κ2) is 14.1. The van der Waals surface area contributed by atoms with E-state index in [9.17, 15) is 13.2 Å². The summed E-state index contributed by atoms with van der Waals surface area (Å²) in [5.41, 5.74) is 9.03. The Labute approximate surface area is 270 Å². The number of likely N-dealkylation sites (tertiary alicyclic amines) is 1. The van der Waals surface area contributed by atoms with Crippen molar-refractivity contribution in [3.63, 3.8) is 0 Å². The number of aryl methyl sites for hydroxylation is 1. The summed E-state index contributed by atoms with van der Waals surface area (Å²) in [6.45, 7) is 5.99. The third-order valence-corrected chi connectivity index (χ3v) is 8.83. The molecule has 0 saturated carbocycles. The maximum atomic E-state index is 10.6. The Bertz CT molecular complexity index is 1760. The third kappa shape index (κ3) is 7.72. The van der Waals surface area contributed by atoms with E-state index in [2.05, 4.69) is 95.3 Å². The van der Waals surface area contributed by atoms with Crippen molar-refractivity contribution in [2.24, 2.45) is 0 Å². The SMILES string of the molecule is Cc1cccc(Cn2c(-c3ccccc3)c(CN3CCC(c4c(Cl)cccc4Cl)CC3)c3ccccc32)c1.O=C(O)C(F)(F)F. The number of fused-ring (bicyclic) bond motifs is 1. The third-order valence-electron chi connectivity index (χ3n) is 8.17. The standard InChI is InChI=1S/C34H32Cl2N2.C2HF3O2/c1-24-9-7-10-25(21-24)22-38-32-16-6-5-13-28(32)29(34(38)27-11-3-2-4-12-27)23-37-19-17-26(18-20-37)33-30(35)14-8-15-31(33)36;3-2(4,5)1(6)7/h2-16,21,26H,17-20,22-23H2,1H3;(H,6,7). The van der Waals surface area contributed by atoms with Crippen LogP contribution in [-0.4, -0.2) is 39.8 Å². The highest BCUT2D eigenvalue weighted by molar-refractivity contribution is 6.36. The maximum Gasteiger partial charge on any atom is 0.490 e. The number of carboxylic acid groups (broad SMARTS) is 1. The number of halogens is 5. The highest BCUT2D eigenvalue weighted by atomic mass is 35.5. The van der Waals surface area contributed by atoms with E-state index in [-0.39, 0.29) is 0 Å². The molecular formula is C36H33Cl2F3N2O2. The van der Waals surface area contributed by atoms with Gasteiger partial charge in [-0.15, -0.1) is 0 Å². The fourth-order valence-corrected chi connectivity index (χ4v) is 6.83. The lowest BCUT2D eigenvalue weighted by atomic mass is 9.89. The van der Waals surface area contributed by atoms with Crippen LogP contribution in [0, 0.1) is 6.92 Å². The predicted molar refractivity (Wildman–Crippen MR) is 175 cm³/mol. The van der Waals surface area contributed by atoms with E-state index in [1.54, 1.807) is 0 Å². The number of nitrogens with zero attached hydrogens (tertiary/aromatic N) is 2. The van der Waals surface area contributed by atoms with Gasteiger partial charge in [0.2, 0.25) is 0 Å². The zero-order chi connectivity index (χ0) is 32.1. The number of rotatable bonds is 6. The molecule has 0 atom stereocenters. The molecular weight excluding hydrogens is 620 g/mol. The van der Waals surface area contributed by atoms with Crippen molar-refractivity contribution in [2.75, 3.05) is 13.1 Å². The summed E-state index contributed by atoms with van der Waals surface area (Å²) in [6, 6.07) is 34.5. The molecule has 1 aliphatic heterocycles. The zero-order valence-electron chi connectivity index (χ0n) is 24.7. The molecule has 1 N–H and O–H groups in total. The van der Waals surface area contributed by atoms with Crippen molar-refractivity contribution in [1.29, 1.82) is 0 Å². The highest BCUT2D eigenvalue weighted by Crippen LogP contribution is 2.40. The number of aromatic nitrogens is 1. The molecule has 4 aromatic carbocycles. The molecule has 6 rings (SSSR count). The molecule has 1 saturated heterocycles. The van der Waals surface area contributed by atoms with Crippen LogP contribution in [0.15, 0.2) is 97.1 Å². The number of alkyl halides is 3. The van der Waals surface area contributed by atoms with Gasteiger partial charge in [-0.2, -0.15) is 13.2 Å². The lowest BCUT2D eigenvalue weighted by Crippen LogP contribution is -2.32. The number of hydrogen-bond acceptors (Lipinski definition) is 2. The van der Waals surface area contributed by atoms with Gasteiger partial charge in [0.1, 0.15) is 0 Å². The fraction of sp³-hybridized carbons (Fsp3) is 0.250. The number of carboxylic acids is 1. The van der Waals surface area contributed by atoms with E-state index in [1.807, 2.05) is 18.2 Å². The van der Waals surface area contributed by atoms with E-state index < -0.39 is 12.1 Å². The van der Waals surface area contributed by atoms with Crippen molar-refractivity contribution in [1.82, 2.24) is 9.47 Å². The van der Waals surface area contributed by atoms with Gasteiger partial charge in [0.05, 0.1) is 5.69 Å². The molecule has 0 radical (unpaired) electrons. The van der Waals surface area contributed by atoms with Crippen molar-refractivity contribution >= 4 is 40.1 Å². The summed E-state index contributed by atoms with van der Waals surface area (Å²) in [5, 5.41) is 10.1. The first-order valence-electron chi connectivity index (χ1n) is 14.7. The van der Waals surface area contributed by atoms with Crippen LogP contribution in [0.5, 0.6) is 0 Å². The van der Waals surface area contributed by atoms with Crippen LogP contribution in [0.2, 0.25) is 10.0 Å².